The van der Waals surface area contributed by atoms with E-state index < -0.39 is 12.9 Å². The molecule has 0 fully saturated rings. The van der Waals surface area contributed by atoms with E-state index in [1.165, 1.54) is 12.1 Å². The van der Waals surface area contributed by atoms with Crippen molar-refractivity contribution in [3.8, 4) is 5.75 Å². The molecule has 0 aliphatic heterocycles. The van der Waals surface area contributed by atoms with E-state index in [9.17, 15) is 4.39 Å². The molecule has 3 nitrogen and oxygen atoms in total. The Morgan fingerprint density at radius 2 is 2.11 bits per heavy atom. The first-order valence-corrected chi connectivity index (χ1v) is 5.64. The Kier molecular flexibility index (Phi) is 5.62. The molecule has 0 spiro atoms. The molecular formula is C13H16BFO3. The maximum Gasteiger partial charge on any atom is 0.491 e. The molecule has 0 heterocycles. The molecule has 0 amide bonds. The quantitative estimate of drug-likeness (QED) is 0.613. The van der Waals surface area contributed by atoms with E-state index in [1.807, 2.05) is 32.1 Å². The average Bonchev–Trinajstić information content (AvgIpc) is 2.34. The zero-order valence-electron chi connectivity index (χ0n) is 10.4. The standard InChI is InChI=1S/C13H16BFO3/c1-3-5-10(4-2)9-18-11-6-7-12(14(16)17)13(15)8-11/h3-8,16-17H,9H2,1-2H3/b5-3-,10-4+. The fourth-order valence-corrected chi connectivity index (χ4v) is 1.42. The third-order valence-electron chi connectivity index (χ3n) is 2.41. The van der Waals surface area contributed by atoms with Crippen LogP contribution < -0.4 is 10.2 Å². The Morgan fingerprint density at radius 1 is 1.39 bits per heavy atom. The van der Waals surface area contributed by atoms with Crippen LogP contribution in [-0.2, 0) is 0 Å². The van der Waals surface area contributed by atoms with Crippen molar-refractivity contribution in [1.29, 1.82) is 0 Å². The second-order valence-electron chi connectivity index (χ2n) is 3.71. The lowest BCUT2D eigenvalue weighted by Crippen LogP contribution is -2.32. The van der Waals surface area contributed by atoms with Crippen LogP contribution in [-0.4, -0.2) is 23.8 Å². The first-order chi connectivity index (χ1) is 8.58. The van der Waals surface area contributed by atoms with Crippen molar-refractivity contribution in [3.63, 3.8) is 0 Å². The van der Waals surface area contributed by atoms with Gasteiger partial charge in [-0.25, -0.2) is 4.39 Å². The Bertz CT molecular complexity index is 456. The van der Waals surface area contributed by atoms with Crippen LogP contribution in [0, 0.1) is 5.82 Å². The van der Waals surface area contributed by atoms with Gasteiger partial charge in [-0.15, -0.1) is 0 Å². The van der Waals surface area contributed by atoms with Crippen LogP contribution in [0.3, 0.4) is 0 Å². The van der Waals surface area contributed by atoms with Gasteiger partial charge in [0.1, 0.15) is 18.2 Å². The topological polar surface area (TPSA) is 49.7 Å². The highest BCUT2D eigenvalue weighted by Crippen LogP contribution is 2.12. The second kappa shape index (κ2) is 6.98. The van der Waals surface area contributed by atoms with Gasteiger partial charge in [-0.1, -0.05) is 24.3 Å². The summed E-state index contributed by atoms with van der Waals surface area (Å²) in [5, 5.41) is 17.8. The van der Waals surface area contributed by atoms with E-state index in [1.54, 1.807) is 0 Å². The molecule has 5 heteroatoms. The van der Waals surface area contributed by atoms with Crippen molar-refractivity contribution in [2.24, 2.45) is 0 Å². The number of rotatable bonds is 5. The van der Waals surface area contributed by atoms with Crippen LogP contribution in [0.1, 0.15) is 13.8 Å². The van der Waals surface area contributed by atoms with Gasteiger partial charge in [-0.05, 0) is 25.5 Å². The molecule has 0 aromatic heterocycles. The van der Waals surface area contributed by atoms with Gasteiger partial charge in [-0.2, -0.15) is 0 Å². The van der Waals surface area contributed by atoms with Crippen molar-refractivity contribution in [3.05, 3.63) is 47.8 Å². The van der Waals surface area contributed by atoms with Gasteiger partial charge in [0.05, 0.1) is 0 Å². The summed E-state index contributed by atoms with van der Waals surface area (Å²) < 4.78 is 18.8. The van der Waals surface area contributed by atoms with Crippen LogP contribution in [0.4, 0.5) is 4.39 Å². The van der Waals surface area contributed by atoms with E-state index in [-0.39, 0.29) is 5.46 Å². The fraction of sp³-hybridized carbons (Fsp3) is 0.231. The third kappa shape index (κ3) is 4.02. The van der Waals surface area contributed by atoms with Crippen LogP contribution in [0.15, 0.2) is 42.0 Å². The van der Waals surface area contributed by atoms with Gasteiger partial charge >= 0.3 is 7.12 Å². The summed E-state index contributed by atoms with van der Waals surface area (Å²) >= 11 is 0. The van der Waals surface area contributed by atoms with E-state index in [4.69, 9.17) is 14.8 Å². The molecule has 0 saturated carbocycles. The van der Waals surface area contributed by atoms with Crippen molar-refractivity contribution >= 4 is 12.6 Å². The summed E-state index contributed by atoms with van der Waals surface area (Å²) in [6, 6.07) is 3.93. The zero-order chi connectivity index (χ0) is 13.5. The molecule has 18 heavy (non-hydrogen) atoms. The van der Waals surface area contributed by atoms with Gasteiger partial charge in [0.25, 0.3) is 0 Å². The molecule has 96 valence electrons. The number of allylic oxidation sites excluding steroid dienone is 2. The summed E-state index contributed by atoms with van der Waals surface area (Å²) in [6.45, 7) is 4.13. The maximum absolute atomic E-state index is 13.4. The van der Waals surface area contributed by atoms with E-state index in [0.29, 0.717) is 12.4 Å². The maximum atomic E-state index is 13.4. The Labute approximate surface area is 106 Å². The summed E-state index contributed by atoms with van der Waals surface area (Å²) in [7, 11) is -1.81. The normalized spacial score (nSPS) is 11.9. The second-order valence-corrected chi connectivity index (χ2v) is 3.71. The molecule has 2 N–H and O–H groups in total. The molecule has 0 aliphatic carbocycles. The van der Waals surface area contributed by atoms with Gasteiger partial charge in [0, 0.05) is 11.5 Å². The van der Waals surface area contributed by atoms with Gasteiger partial charge in [-0.3, -0.25) is 0 Å². The van der Waals surface area contributed by atoms with Gasteiger partial charge in [0.2, 0.25) is 0 Å². The minimum Gasteiger partial charge on any atom is -0.489 e. The van der Waals surface area contributed by atoms with Crippen LogP contribution >= 0.6 is 0 Å². The zero-order valence-corrected chi connectivity index (χ0v) is 10.4. The first-order valence-electron chi connectivity index (χ1n) is 5.64. The van der Waals surface area contributed by atoms with Crippen molar-refractivity contribution in [2.75, 3.05) is 6.61 Å². The minimum atomic E-state index is -1.81. The smallest absolute Gasteiger partial charge is 0.489 e. The number of hydrogen-bond acceptors (Lipinski definition) is 3. The highest BCUT2D eigenvalue weighted by Gasteiger charge is 2.16. The predicted molar refractivity (Wildman–Crippen MR) is 70.3 cm³/mol. The van der Waals surface area contributed by atoms with Crippen molar-refractivity contribution < 1.29 is 19.2 Å². The molecule has 1 aromatic carbocycles. The van der Waals surface area contributed by atoms with Crippen LogP contribution in [0.2, 0.25) is 0 Å². The molecule has 0 unspecified atom stereocenters. The Morgan fingerprint density at radius 3 is 2.61 bits per heavy atom. The SMILES string of the molecule is C/C=C\C(=C/C)COc1ccc(B(O)O)c(F)c1. The molecule has 0 radical (unpaired) electrons. The lowest BCUT2D eigenvalue weighted by Gasteiger charge is -2.08. The van der Waals surface area contributed by atoms with E-state index >= 15 is 0 Å². The summed E-state index contributed by atoms with van der Waals surface area (Å²) in [6.07, 6.45) is 5.70. The van der Waals surface area contributed by atoms with Crippen LogP contribution in [0.5, 0.6) is 5.75 Å². The lowest BCUT2D eigenvalue weighted by molar-refractivity contribution is 0.353. The monoisotopic (exact) mass is 250 g/mol. The highest BCUT2D eigenvalue weighted by atomic mass is 19.1. The molecule has 1 aromatic rings. The largest absolute Gasteiger partial charge is 0.491 e. The average molecular weight is 250 g/mol. The molecule has 0 atom stereocenters. The number of hydrogen-bond donors (Lipinski definition) is 2. The summed E-state index contributed by atoms with van der Waals surface area (Å²) in [4.78, 5) is 0. The van der Waals surface area contributed by atoms with Gasteiger partial charge in [0.15, 0.2) is 0 Å². The van der Waals surface area contributed by atoms with Crippen molar-refractivity contribution in [1.82, 2.24) is 0 Å². The number of benzene rings is 1. The van der Waals surface area contributed by atoms with Crippen LogP contribution in [0.25, 0.3) is 0 Å². The molecule has 0 saturated heterocycles. The fourth-order valence-electron chi connectivity index (χ4n) is 1.42. The first kappa shape index (κ1) is 14.5. The minimum absolute atomic E-state index is 0.165. The Balaban J connectivity index is 2.72. The molecule has 0 bridgehead atoms. The number of halogens is 1. The third-order valence-corrected chi connectivity index (χ3v) is 2.41. The predicted octanol–water partition coefficient (Wildman–Crippen LogP) is 1.41. The summed E-state index contributed by atoms with van der Waals surface area (Å²) in [5.41, 5.74) is 0.811. The van der Waals surface area contributed by atoms with E-state index in [2.05, 4.69) is 0 Å². The summed E-state index contributed by atoms with van der Waals surface area (Å²) in [5.74, 6) is -0.351. The van der Waals surface area contributed by atoms with Crippen molar-refractivity contribution in [2.45, 2.75) is 13.8 Å². The van der Waals surface area contributed by atoms with E-state index in [0.717, 1.165) is 11.6 Å². The molecule has 0 aliphatic rings. The number of ether oxygens (including phenoxy) is 1. The van der Waals surface area contributed by atoms with Gasteiger partial charge < -0.3 is 14.8 Å². The highest BCUT2D eigenvalue weighted by molar-refractivity contribution is 6.58. The Hall–Kier alpha value is -1.59. The molecule has 1 rings (SSSR count). The lowest BCUT2D eigenvalue weighted by atomic mass is 9.80. The molecular weight excluding hydrogens is 234 g/mol.